The summed E-state index contributed by atoms with van der Waals surface area (Å²) in [6.07, 6.45) is -1.43. The second kappa shape index (κ2) is 7.40. The Bertz CT molecular complexity index is 736. The number of halogens is 2. The van der Waals surface area contributed by atoms with Crippen molar-refractivity contribution in [2.24, 2.45) is 0 Å². The molecule has 2 atom stereocenters. The van der Waals surface area contributed by atoms with E-state index < -0.39 is 29.7 Å². The van der Waals surface area contributed by atoms with E-state index in [0.29, 0.717) is 11.3 Å². The van der Waals surface area contributed by atoms with Gasteiger partial charge in [-0.3, -0.25) is 4.79 Å². The van der Waals surface area contributed by atoms with Crippen LogP contribution >= 0.6 is 0 Å². The molecule has 128 valence electrons. The minimum Gasteiger partial charge on any atom is -0.497 e. The third-order valence-corrected chi connectivity index (χ3v) is 3.98. The summed E-state index contributed by atoms with van der Waals surface area (Å²) in [6.45, 7) is 1.56. The molecular weight excluding hydrogens is 316 g/mol. The van der Waals surface area contributed by atoms with Crippen molar-refractivity contribution in [1.29, 1.82) is 0 Å². The second-order valence-electron chi connectivity index (χ2n) is 5.47. The van der Waals surface area contributed by atoms with Gasteiger partial charge in [0.1, 0.15) is 17.4 Å². The number of ether oxygens (including phenoxy) is 1. The van der Waals surface area contributed by atoms with Crippen LogP contribution in [0.4, 0.5) is 8.78 Å². The third kappa shape index (κ3) is 3.71. The van der Waals surface area contributed by atoms with Crippen molar-refractivity contribution in [2.75, 3.05) is 14.2 Å². The molecule has 0 aliphatic heterocycles. The van der Waals surface area contributed by atoms with Gasteiger partial charge in [-0.25, -0.2) is 8.78 Å². The van der Waals surface area contributed by atoms with Crippen molar-refractivity contribution in [3.63, 3.8) is 0 Å². The Morgan fingerprint density at radius 2 is 1.92 bits per heavy atom. The molecule has 1 N–H and O–H groups in total. The molecule has 0 radical (unpaired) electrons. The van der Waals surface area contributed by atoms with Gasteiger partial charge in [0.25, 0.3) is 5.91 Å². The standard InChI is InChI=1S/C18H19F2NO3/c1-11(15-10-13(19)7-8-16(15)20)21(2)18(23)17(22)12-5-4-6-14(9-12)24-3/h4-11,17,22H,1-3H3. The van der Waals surface area contributed by atoms with Crippen molar-refractivity contribution in [3.8, 4) is 5.75 Å². The van der Waals surface area contributed by atoms with Gasteiger partial charge in [0, 0.05) is 12.6 Å². The van der Waals surface area contributed by atoms with Crippen LogP contribution in [-0.2, 0) is 4.79 Å². The van der Waals surface area contributed by atoms with E-state index in [4.69, 9.17) is 4.74 Å². The zero-order chi connectivity index (χ0) is 17.9. The van der Waals surface area contributed by atoms with E-state index in [1.54, 1.807) is 31.2 Å². The van der Waals surface area contributed by atoms with Crippen LogP contribution in [0.2, 0.25) is 0 Å². The van der Waals surface area contributed by atoms with Crippen molar-refractivity contribution in [2.45, 2.75) is 19.1 Å². The molecule has 0 aromatic heterocycles. The topological polar surface area (TPSA) is 49.8 Å². The quantitative estimate of drug-likeness (QED) is 0.913. The molecule has 0 saturated carbocycles. The highest BCUT2D eigenvalue weighted by Crippen LogP contribution is 2.27. The van der Waals surface area contributed by atoms with Crippen LogP contribution in [0.3, 0.4) is 0 Å². The lowest BCUT2D eigenvalue weighted by atomic mass is 10.0. The third-order valence-electron chi connectivity index (χ3n) is 3.98. The number of nitrogens with zero attached hydrogens (tertiary/aromatic N) is 1. The van der Waals surface area contributed by atoms with Crippen LogP contribution in [0.25, 0.3) is 0 Å². The summed E-state index contributed by atoms with van der Waals surface area (Å²) in [6, 6.07) is 8.80. The second-order valence-corrected chi connectivity index (χ2v) is 5.47. The first-order chi connectivity index (χ1) is 11.3. The number of amides is 1. The van der Waals surface area contributed by atoms with Crippen molar-refractivity contribution in [1.82, 2.24) is 4.90 Å². The number of aliphatic hydroxyl groups is 1. The minimum absolute atomic E-state index is 0.0451. The molecule has 0 bridgehead atoms. The molecule has 2 aromatic carbocycles. The zero-order valence-corrected chi connectivity index (χ0v) is 13.7. The molecule has 2 rings (SSSR count). The van der Waals surface area contributed by atoms with Crippen molar-refractivity contribution in [3.05, 3.63) is 65.2 Å². The summed E-state index contributed by atoms with van der Waals surface area (Å²) in [5.41, 5.74) is 0.404. The largest absolute Gasteiger partial charge is 0.497 e. The minimum atomic E-state index is -1.43. The summed E-state index contributed by atoms with van der Waals surface area (Å²) < 4.78 is 32.3. The molecule has 0 saturated heterocycles. The Balaban J connectivity index is 2.22. The molecule has 24 heavy (non-hydrogen) atoms. The van der Waals surface area contributed by atoms with Gasteiger partial charge < -0.3 is 14.7 Å². The van der Waals surface area contributed by atoms with Crippen LogP contribution in [0.1, 0.15) is 30.2 Å². The number of methoxy groups -OCH3 is 1. The normalized spacial score (nSPS) is 13.2. The van der Waals surface area contributed by atoms with Crippen molar-refractivity contribution >= 4 is 5.91 Å². The molecule has 6 heteroatoms. The average Bonchev–Trinajstić information content (AvgIpc) is 2.61. The lowest BCUT2D eigenvalue weighted by Gasteiger charge is -2.28. The van der Waals surface area contributed by atoms with Crippen LogP contribution < -0.4 is 4.74 Å². The van der Waals surface area contributed by atoms with Gasteiger partial charge in [0.05, 0.1) is 13.2 Å². The number of carbonyl (C=O) groups is 1. The first kappa shape index (κ1) is 17.9. The summed E-state index contributed by atoms with van der Waals surface area (Å²) in [5.74, 6) is -1.32. The van der Waals surface area contributed by atoms with Gasteiger partial charge in [-0.15, -0.1) is 0 Å². The monoisotopic (exact) mass is 335 g/mol. The van der Waals surface area contributed by atoms with Gasteiger partial charge >= 0.3 is 0 Å². The van der Waals surface area contributed by atoms with Gasteiger partial charge in [-0.2, -0.15) is 0 Å². The number of hydrogen-bond acceptors (Lipinski definition) is 3. The van der Waals surface area contributed by atoms with E-state index in [1.807, 2.05) is 0 Å². The Hall–Kier alpha value is -2.47. The summed E-state index contributed by atoms with van der Waals surface area (Å²) >= 11 is 0. The highest BCUT2D eigenvalue weighted by Gasteiger charge is 2.27. The van der Waals surface area contributed by atoms with E-state index in [9.17, 15) is 18.7 Å². The molecule has 2 unspecified atom stereocenters. The van der Waals surface area contributed by atoms with E-state index in [-0.39, 0.29) is 5.56 Å². The van der Waals surface area contributed by atoms with E-state index in [0.717, 1.165) is 18.2 Å². The maximum absolute atomic E-state index is 13.9. The zero-order valence-electron chi connectivity index (χ0n) is 13.7. The maximum atomic E-state index is 13.9. The maximum Gasteiger partial charge on any atom is 0.256 e. The molecule has 1 amide bonds. The Morgan fingerprint density at radius 3 is 2.58 bits per heavy atom. The predicted molar refractivity (Wildman–Crippen MR) is 85.5 cm³/mol. The lowest BCUT2D eigenvalue weighted by Crippen LogP contribution is -2.34. The molecule has 0 spiro atoms. The van der Waals surface area contributed by atoms with E-state index in [1.165, 1.54) is 19.1 Å². The van der Waals surface area contributed by atoms with E-state index >= 15 is 0 Å². The first-order valence-electron chi connectivity index (χ1n) is 7.38. The molecule has 0 aliphatic carbocycles. The molecule has 2 aromatic rings. The number of rotatable bonds is 5. The number of benzene rings is 2. The molecule has 0 aliphatic rings. The Morgan fingerprint density at radius 1 is 1.21 bits per heavy atom. The Kier molecular flexibility index (Phi) is 5.51. The molecule has 0 fully saturated rings. The predicted octanol–water partition coefficient (Wildman–Crippen LogP) is 3.23. The summed E-state index contributed by atoms with van der Waals surface area (Å²) in [7, 11) is 2.91. The van der Waals surface area contributed by atoms with Gasteiger partial charge in [0.2, 0.25) is 0 Å². The van der Waals surface area contributed by atoms with Crippen LogP contribution in [0.15, 0.2) is 42.5 Å². The average molecular weight is 335 g/mol. The number of hydrogen-bond donors (Lipinski definition) is 1. The fourth-order valence-electron chi connectivity index (χ4n) is 2.38. The van der Waals surface area contributed by atoms with Gasteiger partial charge in [-0.05, 0) is 42.8 Å². The van der Waals surface area contributed by atoms with E-state index in [2.05, 4.69) is 0 Å². The number of carbonyl (C=O) groups excluding carboxylic acids is 1. The molecular formula is C18H19F2NO3. The number of aliphatic hydroxyl groups excluding tert-OH is 1. The fraction of sp³-hybridized carbons (Fsp3) is 0.278. The molecule has 4 nitrogen and oxygen atoms in total. The van der Waals surface area contributed by atoms with Gasteiger partial charge in [0.15, 0.2) is 6.10 Å². The van der Waals surface area contributed by atoms with Crippen LogP contribution in [0, 0.1) is 11.6 Å². The fourth-order valence-corrected chi connectivity index (χ4v) is 2.38. The SMILES string of the molecule is COc1cccc(C(O)C(=O)N(C)C(C)c2cc(F)ccc2F)c1. The van der Waals surface area contributed by atoms with Crippen molar-refractivity contribution < 1.29 is 23.4 Å². The number of likely N-dealkylation sites (N-methyl/N-ethyl adjacent to an activating group) is 1. The summed E-state index contributed by atoms with van der Waals surface area (Å²) in [5, 5.41) is 10.3. The highest BCUT2D eigenvalue weighted by atomic mass is 19.1. The molecule has 0 heterocycles. The van der Waals surface area contributed by atoms with Gasteiger partial charge in [-0.1, -0.05) is 12.1 Å². The lowest BCUT2D eigenvalue weighted by molar-refractivity contribution is -0.141. The smallest absolute Gasteiger partial charge is 0.256 e. The Labute approximate surface area is 139 Å². The highest BCUT2D eigenvalue weighted by molar-refractivity contribution is 5.82. The summed E-state index contributed by atoms with van der Waals surface area (Å²) in [4.78, 5) is 13.7. The van der Waals surface area contributed by atoms with Crippen LogP contribution in [-0.4, -0.2) is 30.1 Å². The van der Waals surface area contributed by atoms with Crippen LogP contribution in [0.5, 0.6) is 5.75 Å². The first-order valence-corrected chi connectivity index (χ1v) is 7.38.